The van der Waals surface area contributed by atoms with Crippen molar-refractivity contribution in [2.45, 2.75) is 22.8 Å². The zero-order valence-corrected chi connectivity index (χ0v) is 17.9. The van der Waals surface area contributed by atoms with E-state index >= 15 is 0 Å². The van der Waals surface area contributed by atoms with Crippen molar-refractivity contribution in [3.63, 3.8) is 0 Å². The number of hydrogen-bond donors (Lipinski definition) is 1. The molecule has 1 unspecified atom stereocenters. The zero-order valence-electron chi connectivity index (χ0n) is 16.4. The standard InChI is InChI=1S/C19H17ClN4O6S/c1-12(23-11-15(10-21-23)24(26)27)19(25)22-14-7-16(30-2)9-18(8-14)31(28,29)17-5-3-13(20)4-6-17/h3-12H,1-2H3,(H,22,25). The van der Waals surface area contributed by atoms with Crippen LogP contribution in [0, 0.1) is 10.1 Å². The van der Waals surface area contributed by atoms with Gasteiger partial charge in [-0.1, -0.05) is 11.6 Å². The number of methoxy groups -OCH3 is 1. The minimum absolute atomic E-state index is 0.0275. The number of halogens is 1. The third-order valence-electron chi connectivity index (χ3n) is 4.39. The lowest BCUT2D eigenvalue weighted by atomic mass is 10.2. The molecule has 1 atom stereocenters. The Kier molecular flexibility index (Phi) is 6.27. The Morgan fingerprint density at radius 3 is 2.48 bits per heavy atom. The first kappa shape index (κ1) is 22.2. The minimum atomic E-state index is -3.91. The van der Waals surface area contributed by atoms with Gasteiger partial charge in [0.1, 0.15) is 24.2 Å². The smallest absolute Gasteiger partial charge is 0.307 e. The molecule has 0 fully saturated rings. The van der Waals surface area contributed by atoms with Gasteiger partial charge < -0.3 is 10.1 Å². The lowest BCUT2D eigenvalue weighted by Crippen LogP contribution is -2.24. The zero-order chi connectivity index (χ0) is 22.8. The average molecular weight is 465 g/mol. The number of nitrogens with one attached hydrogen (secondary N) is 1. The second kappa shape index (κ2) is 8.74. The van der Waals surface area contributed by atoms with Crippen LogP contribution in [0.4, 0.5) is 11.4 Å². The van der Waals surface area contributed by atoms with Gasteiger partial charge >= 0.3 is 5.69 Å². The molecular formula is C19H17ClN4O6S. The summed E-state index contributed by atoms with van der Waals surface area (Å²) in [6.07, 6.45) is 2.17. The van der Waals surface area contributed by atoms with E-state index in [0.29, 0.717) is 5.02 Å². The van der Waals surface area contributed by atoms with Gasteiger partial charge in [0, 0.05) is 16.8 Å². The normalized spacial score (nSPS) is 12.2. The predicted molar refractivity (Wildman–Crippen MR) is 112 cm³/mol. The van der Waals surface area contributed by atoms with Crippen LogP contribution in [0.2, 0.25) is 5.02 Å². The van der Waals surface area contributed by atoms with Crippen LogP contribution in [0.3, 0.4) is 0 Å². The van der Waals surface area contributed by atoms with Crippen molar-refractivity contribution in [2.24, 2.45) is 0 Å². The van der Waals surface area contributed by atoms with Crippen LogP contribution in [-0.2, 0) is 14.6 Å². The molecule has 0 spiro atoms. The van der Waals surface area contributed by atoms with Gasteiger partial charge in [-0.3, -0.25) is 19.6 Å². The fraction of sp³-hybridized carbons (Fsp3) is 0.158. The number of benzene rings is 2. The van der Waals surface area contributed by atoms with Gasteiger partial charge in [0.15, 0.2) is 0 Å². The topological polar surface area (TPSA) is 133 Å². The molecule has 2 aromatic carbocycles. The van der Waals surface area contributed by atoms with Crippen LogP contribution < -0.4 is 10.1 Å². The van der Waals surface area contributed by atoms with Crippen LogP contribution >= 0.6 is 11.6 Å². The maximum absolute atomic E-state index is 13.0. The fourth-order valence-electron chi connectivity index (χ4n) is 2.67. The highest BCUT2D eigenvalue weighted by Gasteiger charge is 2.22. The highest BCUT2D eigenvalue weighted by Crippen LogP contribution is 2.29. The molecule has 12 heteroatoms. The Morgan fingerprint density at radius 1 is 1.23 bits per heavy atom. The Labute approximate surface area is 182 Å². The number of sulfone groups is 1. The fourth-order valence-corrected chi connectivity index (χ4v) is 4.11. The summed E-state index contributed by atoms with van der Waals surface area (Å²) in [6, 6.07) is 8.87. The molecule has 162 valence electrons. The van der Waals surface area contributed by atoms with E-state index in [4.69, 9.17) is 16.3 Å². The molecule has 1 amide bonds. The number of nitrogens with zero attached hydrogens (tertiary/aromatic N) is 3. The van der Waals surface area contributed by atoms with Gasteiger partial charge in [0.25, 0.3) is 0 Å². The van der Waals surface area contributed by atoms with Crippen molar-refractivity contribution in [2.75, 3.05) is 12.4 Å². The van der Waals surface area contributed by atoms with Crippen LogP contribution in [0.1, 0.15) is 13.0 Å². The molecule has 3 rings (SSSR count). The predicted octanol–water partition coefficient (Wildman–Crippen LogP) is 3.49. The lowest BCUT2D eigenvalue weighted by Gasteiger charge is -2.14. The third kappa shape index (κ3) is 4.84. The molecule has 0 bridgehead atoms. The summed E-state index contributed by atoms with van der Waals surface area (Å²) in [4.78, 5) is 22.7. The van der Waals surface area contributed by atoms with Crippen LogP contribution in [0.25, 0.3) is 0 Å². The highest BCUT2D eigenvalue weighted by atomic mass is 35.5. The van der Waals surface area contributed by atoms with Gasteiger partial charge in [0.2, 0.25) is 15.7 Å². The highest BCUT2D eigenvalue weighted by molar-refractivity contribution is 7.91. The van der Waals surface area contributed by atoms with Gasteiger partial charge in [0.05, 0.1) is 21.8 Å². The van der Waals surface area contributed by atoms with E-state index in [1.54, 1.807) is 0 Å². The molecule has 1 aromatic heterocycles. The van der Waals surface area contributed by atoms with Gasteiger partial charge in [-0.25, -0.2) is 8.42 Å². The minimum Gasteiger partial charge on any atom is -0.497 e. The lowest BCUT2D eigenvalue weighted by molar-refractivity contribution is -0.385. The van der Waals surface area contributed by atoms with Crippen LogP contribution in [0.15, 0.2) is 64.6 Å². The molecule has 10 nitrogen and oxygen atoms in total. The van der Waals surface area contributed by atoms with E-state index < -0.39 is 26.7 Å². The van der Waals surface area contributed by atoms with Crippen molar-refractivity contribution in [3.8, 4) is 5.75 Å². The van der Waals surface area contributed by atoms with Gasteiger partial charge in [-0.05, 0) is 43.3 Å². The van der Waals surface area contributed by atoms with Crippen molar-refractivity contribution in [3.05, 3.63) is 70.0 Å². The number of ether oxygens (including phenoxy) is 1. The van der Waals surface area contributed by atoms with Crippen LogP contribution in [0.5, 0.6) is 5.75 Å². The van der Waals surface area contributed by atoms with Crippen molar-refractivity contribution in [1.82, 2.24) is 9.78 Å². The Morgan fingerprint density at radius 2 is 1.90 bits per heavy atom. The number of aromatic nitrogens is 2. The molecule has 31 heavy (non-hydrogen) atoms. The molecule has 1 N–H and O–H groups in total. The maximum atomic E-state index is 13.0. The molecular weight excluding hydrogens is 448 g/mol. The molecule has 3 aromatic rings. The second-order valence-corrected chi connectivity index (χ2v) is 8.84. The third-order valence-corrected chi connectivity index (χ3v) is 6.39. The second-order valence-electron chi connectivity index (χ2n) is 6.46. The monoisotopic (exact) mass is 464 g/mol. The Bertz CT molecular complexity index is 1240. The maximum Gasteiger partial charge on any atom is 0.307 e. The first-order valence-corrected chi connectivity index (χ1v) is 10.7. The summed E-state index contributed by atoms with van der Waals surface area (Å²) in [7, 11) is -2.54. The SMILES string of the molecule is COc1cc(NC(=O)C(C)n2cc([N+](=O)[O-])cn2)cc(S(=O)(=O)c2ccc(Cl)cc2)c1. The Hall–Kier alpha value is -3.44. The Balaban J connectivity index is 1.90. The van der Waals surface area contributed by atoms with Crippen LogP contribution in [-0.4, -0.2) is 36.1 Å². The first-order chi connectivity index (χ1) is 14.6. The summed E-state index contributed by atoms with van der Waals surface area (Å²) in [5.41, 5.74) is -0.0808. The number of nitro groups is 1. The summed E-state index contributed by atoms with van der Waals surface area (Å²) in [5.74, 6) is -0.339. The van der Waals surface area contributed by atoms with Gasteiger partial charge in [-0.15, -0.1) is 0 Å². The molecule has 0 saturated carbocycles. The number of rotatable bonds is 7. The van der Waals surface area contributed by atoms with Crippen molar-refractivity contribution >= 4 is 38.7 Å². The molecule has 0 aliphatic rings. The number of anilines is 1. The summed E-state index contributed by atoms with van der Waals surface area (Å²) in [5, 5.41) is 17.6. The summed E-state index contributed by atoms with van der Waals surface area (Å²) < 4.78 is 32.3. The molecule has 0 aliphatic carbocycles. The van der Waals surface area contributed by atoms with Gasteiger partial charge in [-0.2, -0.15) is 5.10 Å². The van der Waals surface area contributed by atoms with Crippen molar-refractivity contribution < 1.29 is 22.9 Å². The van der Waals surface area contributed by atoms with E-state index in [-0.39, 0.29) is 26.9 Å². The summed E-state index contributed by atoms with van der Waals surface area (Å²) in [6.45, 7) is 1.50. The average Bonchev–Trinajstić information content (AvgIpc) is 3.23. The molecule has 0 aliphatic heterocycles. The van der Waals surface area contributed by atoms with E-state index in [2.05, 4.69) is 10.4 Å². The largest absolute Gasteiger partial charge is 0.497 e. The number of amides is 1. The molecule has 0 saturated heterocycles. The number of hydrogen-bond acceptors (Lipinski definition) is 7. The van der Waals surface area contributed by atoms with E-state index in [0.717, 1.165) is 17.1 Å². The molecule has 0 radical (unpaired) electrons. The molecule has 1 heterocycles. The van der Waals surface area contributed by atoms with E-state index in [1.807, 2.05) is 0 Å². The first-order valence-electron chi connectivity index (χ1n) is 8.81. The van der Waals surface area contributed by atoms with E-state index in [9.17, 15) is 23.3 Å². The van der Waals surface area contributed by atoms with E-state index in [1.165, 1.54) is 56.5 Å². The number of carbonyl (C=O) groups is 1. The summed E-state index contributed by atoms with van der Waals surface area (Å²) >= 11 is 5.83. The number of carbonyl (C=O) groups excluding carboxylic acids is 1. The quantitative estimate of drug-likeness (QED) is 0.417. The van der Waals surface area contributed by atoms with Crippen molar-refractivity contribution in [1.29, 1.82) is 0 Å².